The molecule has 11 heteroatoms. The maximum absolute atomic E-state index is 14.7. The molecule has 4 heterocycles. The van der Waals surface area contributed by atoms with E-state index >= 15 is 0 Å². The summed E-state index contributed by atoms with van der Waals surface area (Å²) in [6.07, 6.45) is 7.11. The Balaban J connectivity index is 1.56. The molecule has 2 amide bonds. The highest BCUT2D eigenvalue weighted by atomic mass is 32.2. The number of anilines is 1. The number of sulfonamides is 1. The van der Waals surface area contributed by atoms with Crippen molar-refractivity contribution in [2.45, 2.75) is 56.0 Å². The molecule has 1 spiro atoms. The zero-order valence-electron chi connectivity index (χ0n) is 24.5. The Hall–Kier alpha value is -4.35. The fourth-order valence-corrected chi connectivity index (χ4v) is 8.07. The first-order chi connectivity index (χ1) is 21.2. The van der Waals surface area contributed by atoms with Gasteiger partial charge < -0.3 is 14.9 Å². The van der Waals surface area contributed by atoms with Gasteiger partial charge in [-0.05, 0) is 49.1 Å². The van der Waals surface area contributed by atoms with Crippen molar-refractivity contribution < 1.29 is 27.9 Å². The molecule has 1 aromatic heterocycles. The molecule has 0 bridgehead atoms. The van der Waals surface area contributed by atoms with Crippen molar-refractivity contribution >= 4 is 39.1 Å². The Morgan fingerprint density at radius 2 is 1.75 bits per heavy atom. The second kappa shape index (κ2) is 11.6. The van der Waals surface area contributed by atoms with Crippen molar-refractivity contribution in [1.82, 2.24) is 14.2 Å². The number of carbonyl (C=O) groups excluding carboxylic acids is 3. The van der Waals surface area contributed by atoms with Crippen LogP contribution in [0.4, 0.5) is 5.69 Å². The maximum Gasteiger partial charge on any atom is 0.296 e. The Morgan fingerprint density at radius 1 is 0.977 bits per heavy atom. The van der Waals surface area contributed by atoms with Crippen LogP contribution in [0.3, 0.4) is 0 Å². The van der Waals surface area contributed by atoms with Gasteiger partial charge in [0, 0.05) is 49.7 Å². The van der Waals surface area contributed by atoms with Gasteiger partial charge in [0.15, 0.2) is 5.54 Å². The molecular weight excluding hydrogens is 580 g/mol. The number of likely N-dealkylation sites (tertiary alicyclic amines) is 1. The number of rotatable bonds is 8. The van der Waals surface area contributed by atoms with E-state index in [9.17, 15) is 27.9 Å². The second-order valence-electron chi connectivity index (χ2n) is 11.3. The van der Waals surface area contributed by atoms with Gasteiger partial charge in [-0.2, -0.15) is 4.31 Å². The Kier molecular flexibility index (Phi) is 7.85. The molecule has 228 valence electrons. The Morgan fingerprint density at radius 3 is 2.48 bits per heavy atom. The number of piperidine rings is 1. The molecule has 6 rings (SSSR count). The molecule has 3 aliphatic heterocycles. The number of aliphatic hydroxyl groups excluding tert-OH is 1. The quantitative estimate of drug-likeness (QED) is 0.229. The predicted molar refractivity (Wildman–Crippen MR) is 164 cm³/mol. The van der Waals surface area contributed by atoms with Gasteiger partial charge in [0.2, 0.25) is 10.0 Å². The molecule has 44 heavy (non-hydrogen) atoms. The van der Waals surface area contributed by atoms with Crippen LogP contribution in [0, 0.1) is 0 Å². The third-order valence-corrected chi connectivity index (χ3v) is 10.6. The van der Waals surface area contributed by atoms with E-state index < -0.39 is 38.9 Å². The molecule has 0 aliphatic carbocycles. The van der Waals surface area contributed by atoms with Crippen LogP contribution in [-0.2, 0) is 36.5 Å². The fourth-order valence-electron chi connectivity index (χ4n) is 6.50. The summed E-state index contributed by atoms with van der Waals surface area (Å²) in [5.41, 5.74) is -0.755. The number of aliphatic hydroxyl groups is 1. The highest BCUT2D eigenvalue weighted by molar-refractivity contribution is 7.89. The van der Waals surface area contributed by atoms with E-state index in [1.54, 1.807) is 53.7 Å². The molecule has 3 aliphatic rings. The molecule has 10 nitrogen and oxygen atoms in total. The van der Waals surface area contributed by atoms with E-state index in [-0.39, 0.29) is 22.6 Å². The number of para-hydroxylation sites is 1. The van der Waals surface area contributed by atoms with E-state index in [0.29, 0.717) is 42.9 Å². The minimum atomic E-state index is -3.87. The van der Waals surface area contributed by atoms with E-state index in [1.807, 2.05) is 6.92 Å². The number of Topliss-reactive ketones (excluding diaryl/α,β-unsaturated/α-hetero) is 1. The number of ketones is 1. The monoisotopic (exact) mass is 614 g/mol. The first-order valence-corrected chi connectivity index (χ1v) is 16.4. The number of hydrogen-bond acceptors (Lipinski definition) is 7. The van der Waals surface area contributed by atoms with Crippen LogP contribution in [0.5, 0.6) is 0 Å². The molecule has 2 aromatic carbocycles. The average molecular weight is 615 g/mol. The number of pyridine rings is 1. The van der Waals surface area contributed by atoms with E-state index in [4.69, 9.17) is 0 Å². The third-order valence-electron chi connectivity index (χ3n) is 8.67. The Bertz CT molecular complexity index is 1770. The van der Waals surface area contributed by atoms with Gasteiger partial charge in [0.1, 0.15) is 5.76 Å². The fraction of sp³-hybridized carbons (Fsp3) is 0.333. The zero-order valence-corrected chi connectivity index (χ0v) is 25.3. The summed E-state index contributed by atoms with van der Waals surface area (Å²) in [4.78, 5) is 49.4. The average Bonchev–Trinajstić information content (AvgIpc) is 3.43. The van der Waals surface area contributed by atoms with Crippen molar-refractivity contribution in [3.05, 3.63) is 95.3 Å². The Labute approximate surface area is 256 Å². The lowest BCUT2D eigenvalue weighted by Crippen LogP contribution is -2.51. The van der Waals surface area contributed by atoms with Gasteiger partial charge in [0.25, 0.3) is 17.6 Å². The normalized spacial score (nSPS) is 21.8. The summed E-state index contributed by atoms with van der Waals surface area (Å²) in [7, 11) is -3.87. The van der Waals surface area contributed by atoms with Gasteiger partial charge >= 0.3 is 0 Å². The second-order valence-corrected chi connectivity index (χ2v) is 13.3. The van der Waals surface area contributed by atoms with E-state index in [2.05, 4.69) is 4.98 Å². The van der Waals surface area contributed by atoms with Gasteiger partial charge in [-0.25, -0.2) is 8.42 Å². The molecule has 1 atom stereocenters. The number of fused-ring (bicyclic) bond motifs is 2. The van der Waals surface area contributed by atoms with E-state index in [0.717, 1.165) is 25.7 Å². The smallest absolute Gasteiger partial charge is 0.296 e. The first kappa shape index (κ1) is 29.7. The van der Waals surface area contributed by atoms with Gasteiger partial charge in [-0.1, -0.05) is 56.2 Å². The van der Waals surface area contributed by atoms with Gasteiger partial charge in [0.05, 0.1) is 16.2 Å². The van der Waals surface area contributed by atoms with Crippen LogP contribution in [0.15, 0.2) is 83.5 Å². The van der Waals surface area contributed by atoms with Crippen molar-refractivity contribution in [3.63, 3.8) is 0 Å². The summed E-state index contributed by atoms with van der Waals surface area (Å²) in [5, 5.41) is 11.9. The zero-order chi connectivity index (χ0) is 31.1. The third kappa shape index (κ3) is 4.62. The minimum Gasteiger partial charge on any atom is -0.507 e. The number of unbranched alkanes of at least 4 members (excludes halogenated alkanes) is 1. The first-order valence-electron chi connectivity index (χ1n) is 14.9. The number of nitrogens with zero attached hydrogens (tertiary/aromatic N) is 4. The molecule has 2 saturated heterocycles. The van der Waals surface area contributed by atoms with Gasteiger partial charge in [-0.15, -0.1) is 0 Å². The summed E-state index contributed by atoms with van der Waals surface area (Å²) in [6.45, 7) is 3.05. The lowest BCUT2D eigenvalue weighted by molar-refractivity contribution is -0.144. The van der Waals surface area contributed by atoms with Crippen LogP contribution in [0.2, 0.25) is 0 Å². The molecule has 2 fully saturated rings. The SMILES string of the molecule is CCCCN1C(=O)C2(/C(=C(/O)c3cccc(S(=O)(=O)N4CCCCC4)c3)C(=O)C(=O)N2Cc2cccnc2)c2ccccc21. The van der Waals surface area contributed by atoms with Crippen molar-refractivity contribution in [2.75, 3.05) is 24.5 Å². The molecule has 0 radical (unpaired) electrons. The van der Waals surface area contributed by atoms with Crippen molar-refractivity contribution in [1.29, 1.82) is 0 Å². The standard InChI is InChI=1S/C33H34N4O6S/c1-2-3-19-36-27-15-6-5-14-26(27)33(32(36)41)28(30(39)31(40)37(33)22-23-11-10-16-34-21-23)29(38)24-12-9-13-25(20-24)44(42,43)35-17-7-4-8-18-35/h5-6,9-16,20-21,38H,2-4,7-8,17-19,22H2,1H3/b29-28+. The lowest BCUT2D eigenvalue weighted by atomic mass is 9.81. The summed E-state index contributed by atoms with van der Waals surface area (Å²) in [6, 6.07) is 16.1. The van der Waals surface area contributed by atoms with Crippen LogP contribution in [-0.4, -0.2) is 64.9 Å². The number of carbonyl (C=O) groups is 3. The lowest BCUT2D eigenvalue weighted by Gasteiger charge is -2.34. The largest absolute Gasteiger partial charge is 0.507 e. The molecule has 0 saturated carbocycles. The molecule has 1 unspecified atom stereocenters. The highest BCUT2D eigenvalue weighted by Gasteiger charge is 2.67. The maximum atomic E-state index is 14.7. The molecule has 1 N–H and O–H groups in total. The van der Waals surface area contributed by atoms with Crippen molar-refractivity contribution in [3.8, 4) is 0 Å². The van der Waals surface area contributed by atoms with Crippen LogP contribution >= 0.6 is 0 Å². The molecular formula is C33H34N4O6S. The number of hydrogen-bond donors (Lipinski definition) is 1. The van der Waals surface area contributed by atoms with Crippen LogP contribution in [0.1, 0.15) is 55.7 Å². The predicted octanol–water partition coefficient (Wildman–Crippen LogP) is 4.18. The van der Waals surface area contributed by atoms with Crippen LogP contribution in [0.25, 0.3) is 5.76 Å². The van der Waals surface area contributed by atoms with Crippen LogP contribution < -0.4 is 4.90 Å². The number of benzene rings is 2. The highest BCUT2D eigenvalue weighted by Crippen LogP contribution is 2.54. The van der Waals surface area contributed by atoms with Gasteiger partial charge in [-0.3, -0.25) is 19.4 Å². The van der Waals surface area contributed by atoms with Crippen molar-refractivity contribution in [2.24, 2.45) is 0 Å². The number of aromatic nitrogens is 1. The summed E-state index contributed by atoms with van der Waals surface area (Å²) >= 11 is 0. The minimum absolute atomic E-state index is 0.0270. The summed E-state index contributed by atoms with van der Waals surface area (Å²) < 4.78 is 28.4. The summed E-state index contributed by atoms with van der Waals surface area (Å²) in [5.74, 6) is -3.08. The van der Waals surface area contributed by atoms with E-state index in [1.165, 1.54) is 33.5 Å². The number of amides is 2. The topological polar surface area (TPSA) is 128 Å². The molecule has 3 aromatic rings.